The van der Waals surface area contributed by atoms with Gasteiger partial charge in [0.15, 0.2) is 0 Å². The average Bonchev–Trinajstić information content (AvgIpc) is 2.83. The van der Waals surface area contributed by atoms with E-state index >= 15 is 0 Å². The van der Waals surface area contributed by atoms with Gasteiger partial charge in [0.2, 0.25) is 0 Å². The number of benzene rings is 2. The van der Waals surface area contributed by atoms with Gasteiger partial charge in [-0.15, -0.1) is 0 Å². The second-order valence-corrected chi connectivity index (χ2v) is 8.07. The number of fused-ring (bicyclic) bond motifs is 3. The predicted molar refractivity (Wildman–Crippen MR) is 120 cm³/mol. The van der Waals surface area contributed by atoms with E-state index in [9.17, 15) is 5.26 Å². The predicted octanol–water partition coefficient (Wildman–Crippen LogP) is 5.38. The smallest absolute Gasteiger partial charge is 0.119 e. The van der Waals surface area contributed by atoms with Crippen LogP contribution in [0.3, 0.4) is 0 Å². The van der Waals surface area contributed by atoms with E-state index < -0.39 is 0 Å². The summed E-state index contributed by atoms with van der Waals surface area (Å²) in [7, 11) is 1.71. The molecule has 0 unspecified atom stereocenters. The molecule has 2 heterocycles. The summed E-state index contributed by atoms with van der Waals surface area (Å²) < 4.78 is 5.46. The highest BCUT2D eigenvalue weighted by Crippen LogP contribution is 2.45. The fourth-order valence-corrected chi connectivity index (χ4v) is 4.93. The van der Waals surface area contributed by atoms with Crippen molar-refractivity contribution in [3.05, 3.63) is 65.4 Å². The van der Waals surface area contributed by atoms with Crippen LogP contribution in [0, 0.1) is 11.3 Å². The number of hydrogen-bond donors (Lipinski definition) is 0. The Morgan fingerprint density at radius 2 is 1.83 bits per heavy atom. The number of rotatable bonds is 3. The first kappa shape index (κ1) is 18.7. The van der Waals surface area contributed by atoms with Gasteiger partial charge in [0.05, 0.1) is 24.1 Å². The van der Waals surface area contributed by atoms with E-state index in [0.29, 0.717) is 0 Å². The normalized spacial score (nSPS) is 15.1. The van der Waals surface area contributed by atoms with Crippen molar-refractivity contribution >= 4 is 5.69 Å². The number of hydrogen-bond acceptors (Lipinski definition) is 4. The van der Waals surface area contributed by atoms with Gasteiger partial charge in [-0.05, 0) is 84.7 Å². The average molecular weight is 396 g/mol. The van der Waals surface area contributed by atoms with Crippen LogP contribution in [-0.4, -0.2) is 25.2 Å². The molecule has 1 saturated heterocycles. The van der Waals surface area contributed by atoms with Crippen LogP contribution in [0.5, 0.6) is 5.75 Å². The standard InChI is InChI=1S/C26H25N3O/c1-30-19-9-11-20-18(15-19)8-10-21-22(20)16-23(25-7-3-4-12-28-25)24(17-27)26(21)29-13-5-2-6-14-29/h3-4,7,9,11-12,15-16H,2,5-6,8,10,13-14H2,1H3. The molecule has 5 rings (SSSR count). The fourth-order valence-electron chi connectivity index (χ4n) is 4.93. The van der Waals surface area contributed by atoms with E-state index in [0.717, 1.165) is 54.2 Å². The molecular weight excluding hydrogens is 370 g/mol. The second kappa shape index (κ2) is 7.84. The number of aromatic nitrogens is 1. The van der Waals surface area contributed by atoms with Crippen LogP contribution < -0.4 is 9.64 Å². The number of piperidine rings is 1. The number of nitrogens with zero attached hydrogens (tertiary/aromatic N) is 3. The lowest BCUT2D eigenvalue weighted by atomic mass is 9.81. The molecule has 1 fully saturated rings. The second-order valence-electron chi connectivity index (χ2n) is 8.07. The first-order valence-corrected chi connectivity index (χ1v) is 10.7. The van der Waals surface area contributed by atoms with E-state index in [1.54, 1.807) is 13.3 Å². The Balaban J connectivity index is 1.79. The Morgan fingerprint density at radius 3 is 2.57 bits per heavy atom. The Morgan fingerprint density at radius 1 is 0.967 bits per heavy atom. The van der Waals surface area contributed by atoms with Crippen molar-refractivity contribution < 1.29 is 4.74 Å². The Hall–Kier alpha value is -3.32. The molecule has 2 aliphatic rings. The van der Waals surface area contributed by atoms with E-state index in [1.807, 2.05) is 24.3 Å². The monoisotopic (exact) mass is 395 g/mol. The maximum atomic E-state index is 10.2. The summed E-state index contributed by atoms with van der Waals surface area (Å²) in [5, 5.41) is 10.2. The van der Waals surface area contributed by atoms with Crippen molar-refractivity contribution in [3.63, 3.8) is 0 Å². The molecule has 0 N–H and O–H groups in total. The molecule has 0 spiro atoms. The van der Waals surface area contributed by atoms with Gasteiger partial charge in [-0.3, -0.25) is 4.98 Å². The third-order valence-corrected chi connectivity index (χ3v) is 6.38. The zero-order chi connectivity index (χ0) is 20.5. The van der Waals surface area contributed by atoms with Gasteiger partial charge in [0.1, 0.15) is 11.8 Å². The van der Waals surface area contributed by atoms with Gasteiger partial charge in [0, 0.05) is 24.8 Å². The van der Waals surface area contributed by atoms with Crippen LogP contribution in [0.25, 0.3) is 22.4 Å². The number of anilines is 1. The lowest BCUT2D eigenvalue weighted by molar-refractivity contribution is 0.414. The highest BCUT2D eigenvalue weighted by Gasteiger charge is 2.28. The molecule has 1 aliphatic heterocycles. The molecule has 0 radical (unpaired) electrons. The summed E-state index contributed by atoms with van der Waals surface area (Å²) in [4.78, 5) is 7.03. The highest BCUT2D eigenvalue weighted by atomic mass is 16.5. The first-order chi connectivity index (χ1) is 14.8. The Bertz CT molecular complexity index is 1130. The van der Waals surface area contributed by atoms with Crippen LogP contribution in [0.4, 0.5) is 5.69 Å². The summed E-state index contributed by atoms with van der Waals surface area (Å²) in [6, 6.07) is 17.0. The van der Waals surface area contributed by atoms with E-state index in [2.05, 4.69) is 34.2 Å². The van der Waals surface area contributed by atoms with Crippen molar-refractivity contribution in [2.75, 3.05) is 25.1 Å². The molecule has 1 aromatic heterocycles. The maximum Gasteiger partial charge on any atom is 0.119 e. The Labute approximate surface area is 177 Å². The number of aryl methyl sites for hydroxylation is 1. The maximum absolute atomic E-state index is 10.2. The summed E-state index contributed by atoms with van der Waals surface area (Å²) in [6.07, 6.45) is 7.34. The third-order valence-electron chi connectivity index (χ3n) is 6.38. The number of nitriles is 1. The van der Waals surface area contributed by atoms with E-state index in [-0.39, 0.29) is 0 Å². The van der Waals surface area contributed by atoms with Gasteiger partial charge in [-0.1, -0.05) is 12.1 Å². The van der Waals surface area contributed by atoms with Gasteiger partial charge >= 0.3 is 0 Å². The van der Waals surface area contributed by atoms with E-state index in [4.69, 9.17) is 4.74 Å². The molecule has 1 aliphatic carbocycles. The van der Waals surface area contributed by atoms with Crippen LogP contribution in [-0.2, 0) is 12.8 Å². The lowest BCUT2D eigenvalue weighted by Crippen LogP contribution is -2.31. The van der Waals surface area contributed by atoms with Crippen molar-refractivity contribution in [2.24, 2.45) is 0 Å². The zero-order valence-electron chi connectivity index (χ0n) is 17.3. The minimum atomic E-state index is 0.770. The van der Waals surface area contributed by atoms with Crippen LogP contribution in [0.15, 0.2) is 48.7 Å². The highest BCUT2D eigenvalue weighted by molar-refractivity contribution is 5.89. The summed E-state index contributed by atoms with van der Waals surface area (Å²) in [5.74, 6) is 0.895. The lowest BCUT2D eigenvalue weighted by Gasteiger charge is -2.34. The fraction of sp³-hybridized carbons (Fsp3) is 0.308. The van der Waals surface area contributed by atoms with Crippen molar-refractivity contribution in [1.82, 2.24) is 4.98 Å². The number of methoxy groups -OCH3 is 1. The van der Waals surface area contributed by atoms with Gasteiger partial charge in [-0.2, -0.15) is 5.26 Å². The molecule has 2 aromatic carbocycles. The summed E-state index contributed by atoms with van der Waals surface area (Å²) in [6.45, 7) is 2.03. The molecule has 4 heteroatoms. The Kier molecular flexibility index (Phi) is 4.88. The molecule has 30 heavy (non-hydrogen) atoms. The largest absolute Gasteiger partial charge is 0.497 e. The molecule has 0 bridgehead atoms. The van der Waals surface area contributed by atoms with Crippen LogP contribution in [0.2, 0.25) is 0 Å². The molecule has 4 nitrogen and oxygen atoms in total. The minimum absolute atomic E-state index is 0.770. The molecule has 150 valence electrons. The van der Waals surface area contributed by atoms with Crippen LogP contribution in [0.1, 0.15) is 36.0 Å². The topological polar surface area (TPSA) is 49.1 Å². The molecular formula is C26H25N3O. The van der Waals surface area contributed by atoms with Crippen molar-refractivity contribution in [3.8, 4) is 34.2 Å². The van der Waals surface area contributed by atoms with Crippen molar-refractivity contribution in [1.29, 1.82) is 5.26 Å². The molecule has 0 atom stereocenters. The van der Waals surface area contributed by atoms with Crippen molar-refractivity contribution in [2.45, 2.75) is 32.1 Å². The van der Waals surface area contributed by atoms with Gasteiger partial charge in [-0.25, -0.2) is 0 Å². The first-order valence-electron chi connectivity index (χ1n) is 10.7. The molecule has 0 saturated carbocycles. The minimum Gasteiger partial charge on any atom is -0.497 e. The zero-order valence-corrected chi connectivity index (χ0v) is 17.3. The number of ether oxygens (including phenoxy) is 1. The molecule has 3 aromatic rings. The van der Waals surface area contributed by atoms with Gasteiger partial charge < -0.3 is 9.64 Å². The number of pyridine rings is 1. The SMILES string of the molecule is COc1ccc2c(c1)CCc1c-2cc(-c2ccccn2)c(C#N)c1N1CCCCC1. The van der Waals surface area contributed by atoms with E-state index in [1.165, 1.54) is 41.5 Å². The quantitative estimate of drug-likeness (QED) is 0.597. The van der Waals surface area contributed by atoms with Gasteiger partial charge in [0.25, 0.3) is 0 Å². The summed E-state index contributed by atoms with van der Waals surface area (Å²) in [5.41, 5.74) is 8.80. The third kappa shape index (κ3) is 3.11. The van der Waals surface area contributed by atoms with Crippen LogP contribution >= 0.6 is 0 Å². The summed E-state index contributed by atoms with van der Waals surface area (Å²) >= 11 is 0. The molecule has 0 amide bonds.